The largest absolute Gasteiger partial charge is 0.459 e. The van der Waals surface area contributed by atoms with Crippen molar-refractivity contribution in [3.05, 3.63) is 74.8 Å². The van der Waals surface area contributed by atoms with Crippen molar-refractivity contribution in [1.29, 1.82) is 0 Å². The first kappa shape index (κ1) is 29.9. The van der Waals surface area contributed by atoms with E-state index in [0.717, 1.165) is 47.3 Å². The highest BCUT2D eigenvalue weighted by Crippen LogP contribution is 2.52. The molecule has 2 N–H and O–H groups in total. The number of nitro benzene ring substituents is 1. The van der Waals surface area contributed by atoms with Crippen LogP contribution in [0, 0.1) is 27.9 Å². The highest BCUT2D eigenvalue weighted by Gasteiger charge is 2.57. The Morgan fingerprint density at radius 2 is 1.95 bits per heavy atom. The van der Waals surface area contributed by atoms with Crippen LogP contribution in [0.4, 0.5) is 11.4 Å². The first-order chi connectivity index (χ1) is 20.2. The molecule has 3 heterocycles. The van der Waals surface area contributed by atoms with Crippen molar-refractivity contribution in [2.75, 3.05) is 4.90 Å². The molecule has 0 spiro atoms. The van der Waals surface area contributed by atoms with Crippen molar-refractivity contribution in [1.82, 2.24) is 0 Å². The second-order valence-electron chi connectivity index (χ2n) is 11.4. The van der Waals surface area contributed by atoms with Crippen molar-refractivity contribution in [3.8, 4) is 0 Å². The van der Waals surface area contributed by atoms with E-state index in [4.69, 9.17) is 9.07 Å². The predicted octanol–water partition coefficient (Wildman–Crippen LogP) is 5.45. The van der Waals surface area contributed by atoms with Crippen molar-refractivity contribution in [2.24, 2.45) is 17.8 Å². The average molecular weight is 576 g/mol. The van der Waals surface area contributed by atoms with Crippen LogP contribution in [0.1, 0.15) is 70.3 Å². The second-order valence-corrected chi connectivity index (χ2v) is 11.4. The van der Waals surface area contributed by atoms with Gasteiger partial charge in [0.25, 0.3) is 5.69 Å². The molecule has 0 saturated carbocycles. The number of benzene rings is 1. The molecule has 1 aliphatic carbocycles. The first-order valence-corrected chi connectivity index (χ1v) is 14.8. The third-order valence-electron chi connectivity index (χ3n) is 8.64. The van der Waals surface area contributed by atoms with Gasteiger partial charge < -0.3 is 19.2 Å². The van der Waals surface area contributed by atoms with E-state index in [2.05, 4.69) is 13.8 Å². The number of amides is 2. The number of aliphatic hydroxyl groups excluding tert-OH is 1. The molecule has 2 fully saturated rings. The molecular weight excluding hydrogens is 539 g/mol. The van der Waals surface area contributed by atoms with Crippen LogP contribution < -0.4 is 4.90 Å². The van der Waals surface area contributed by atoms with Gasteiger partial charge in [-0.2, -0.15) is 0 Å². The maximum Gasteiger partial charge on any atom is 0.455 e. The summed E-state index contributed by atoms with van der Waals surface area (Å²) in [7, 11) is -1.07. The van der Waals surface area contributed by atoms with Gasteiger partial charge >= 0.3 is 7.12 Å². The number of imide groups is 1. The van der Waals surface area contributed by atoms with E-state index in [1.165, 1.54) is 18.2 Å². The van der Waals surface area contributed by atoms with Gasteiger partial charge in [-0.15, -0.1) is 0 Å². The van der Waals surface area contributed by atoms with Crippen LogP contribution in [0.5, 0.6) is 0 Å². The van der Waals surface area contributed by atoms with E-state index >= 15 is 0 Å². The number of rotatable bonds is 11. The van der Waals surface area contributed by atoms with Crippen LogP contribution >= 0.6 is 0 Å². The third-order valence-corrected chi connectivity index (χ3v) is 8.64. The summed E-state index contributed by atoms with van der Waals surface area (Å²) in [6, 6.07) is 9.20. The standard InChI is InChI=1S/C31H37BN2O8/c1-3-6-19(14-23-11-12-24(18-35)41-23)10-13-27-28-20(7-4-2)15-25-29(26(28)17-32(38)42-27)31(37)33(30(25)36)21-8-5-9-22(16-21)34(39)40/h5,8-9,11-12,14,16,25-27,29,35,38H,3-4,6-7,10,13,15,17-18H2,1-2H3/b19-14+/t25-,26+,27-,29-/m1/s1. The zero-order chi connectivity index (χ0) is 30.0. The van der Waals surface area contributed by atoms with E-state index in [-0.39, 0.29) is 42.0 Å². The van der Waals surface area contributed by atoms with Gasteiger partial charge in [-0.1, -0.05) is 43.9 Å². The number of furan rings is 1. The minimum atomic E-state index is -1.07. The van der Waals surface area contributed by atoms with Crippen LogP contribution in [-0.4, -0.2) is 40.1 Å². The van der Waals surface area contributed by atoms with Gasteiger partial charge in [0.15, 0.2) is 0 Å². The lowest BCUT2D eigenvalue weighted by Crippen LogP contribution is -2.46. The predicted molar refractivity (Wildman–Crippen MR) is 157 cm³/mol. The Kier molecular flexibility index (Phi) is 9.10. The fraction of sp³-hybridized carbons (Fsp3) is 0.484. The van der Waals surface area contributed by atoms with Crippen molar-refractivity contribution in [2.45, 2.75) is 77.8 Å². The van der Waals surface area contributed by atoms with Crippen LogP contribution in [0.15, 0.2) is 57.5 Å². The highest BCUT2D eigenvalue weighted by atomic mass is 16.6. The fourth-order valence-electron chi connectivity index (χ4n) is 6.97. The zero-order valence-corrected chi connectivity index (χ0v) is 24.0. The Morgan fingerprint density at radius 1 is 1.14 bits per heavy atom. The SMILES string of the molecule is CCCC1=C2[C@@H](CC/C(=C/c3ccc(CO)o3)CCC)OB(O)C[C@@H]2[C@@H]2C(=O)N(c3cccc([N+](=O)[O-])c3)C(=O)[C@@H]2C1. The van der Waals surface area contributed by atoms with Crippen LogP contribution in [-0.2, 0) is 20.9 Å². The van der Waals surface area contributed by atoms with Gasteiger partial charge in [0.2, 0.25) is 11.8 Å². The Balaban J connectivity index is 1.44. The normalized spacial score (nSPS) is 24.3. The van der Waals surface area contributed by atoms with E-state index < -0.39 is 30.0 Å². The van der Waals surface area contributed by atoms with Crippen LogP contribution in [0.3, 0.4) is 0 Å². The molecule has 2 amide bonds. The van der Waals surface area contributed by atoms with Gasteiger partial charge in [0.1, 0.15) is 18.1 Å². The number of hydrogen-bond donors (Lipinski definition) is 2. The zero-order valence-electron chi connectivity index (χ0n) is 24.0. The van der Waals surface area contributed by atoms with E-state index in [1.54, 1.807) is 12.1 Å². The number of carbonyl (C=O) groups is 2. The van der Waals surface area contributed by atoms with Gasteiger partial charge in [0, 0.05) is 12.1 Å². The molecule has 2 aromatic rings. The van der Waals surface area contributed by atoms with Gasteiger partial charge in [-0.05, 0) is 74.2 Å². The summed E-state index contributed by atoms with van der Waals surface area (Å²) >= 11 is 0. The van der Waals surface area contributed by atoms with Crippen LogP contribution in [0.2, 0.25) is 6.32 Å². The molecule has 3 aliphatic rings. The molecule has 4 atom stereocenters. The van der Waals surface area contributed by atoms with Crippen molar-refractivity contribution >= 4 is 36.4 Å². The van der Waals surface area contributed by atoms with Gasteiger partial charge in [-0.25, -0.2) is 4.90 Å². The molecule has 1 aromatic heterocycles. The number of non-ortho nitro benzene ring substituents is 1. The number of carbonyl (C=O) groups excluding carboxylic acids is 2. The Morgan fingerprint density at radius 3 is 2.64 bits per heavy atom. The number of allylic oxidation sites excluding steroid dienone is 2. The smallest absolute Gasteiger partial charge is 0.455 e. The fourth-order valence-corrected chi connectivity index (χ4v) is 6.97. The molecule has 5 rings (SSSR count). The Bertz CT molecular complexity index is 1420. The summed E-state index contributed by atoms with van der Waals surface area (Å²) in [5, 5.41) is 31.6. The number of fused-ring (bicyclic) bond motifs is 3. The quantitative estimate of drug-likeness (QED) is 0.118. The second kappa shape index (κ2) is 12.8. The molecule has 0 radical (unpaired) electrons. The lowest BCUT2D eigenvalue weighted by Gasteiger charge is -2.43. The molecule has 2 saturated heterocycles. The van der Waals surface area contributed by atoms with Gasteiger partial charge in [0.05, 0.1) is 28.6 Å². The van der Waals surface area contributed by atoms with Crippen molar-refractivity contribution < 1.29 is 33.7 Å². The van der Waals surface area contributed by atoms with E-state index in [9.17, 15) is 29.8 Å². The molecule has 42 heavy (non-hydrogen) atoms. The average Bonchev–Trinajstić information content (AvgIpc) is 3.52. The summed E-state index contributed by atoms with van der Waals surface area (Å²) in [6.45, 7) is 4.01. The number of nitrogens with zero attached hydrogens (tertiary/aromatic N) is 2. The Labute approximate surface area is 245 Å². The lowest BCUT2D eigenvalue weighted by molar-refractivity contribution is -0.384. The first-order valence-electron chi connectivity index (χ1n) is 14.8. The summed E-state index contributed by atoms with van der Waals surface area (Å²) in [6.07, 6.45) is 6.95. The van der Waals surface area contributed by atoms with E-state index in [1.807, 2.05) is 12.1 Å². The maximum atomic E-state index is 13.9. The minimum absolute atomic E-state index is 0.164. The van der Waals surface area contributed by atoms with Crippen LogP contribution in [0.25, 0.3) is 6.08 Å². The molecular formula is C31H37BN2O8. The van der Waals surface area contributed by atoms with Gasteiger partial charge in [-0.3, -0.25) is 19.7 Å². The molecule has 0 unspecified atom stereocenters. The number of anilines is 1. The topological polar surface area (TPSA) is 143 Å². The van der Waals surface area contributed by atoms with Crippen molar-refractivity contribution in [3.63, 3.8) is 0 Å². The minimum Gasteiger partial charge on any atom is -0.459 e. The maximum absolute atomic E-state index is 13.9. The van der Waals surface area contributed by atoms with E-state index in [0.29, 0.717) is 30.8 Å². The number of aliphatic hydroxyl groups is 1. The summed E-state index contributed by atoms with van der Waals surface area (Å²) in [5.74, 6) is -1.13. The summed E-state index contributed by atoms with van der Waals surface area (Å²) < 4.78 is 11.8. The monoisotopic (exact) mass is 576 g/mol. The lowest BCUT2D eigenvalue weighted by atomic mass is 9.58. The number of nitro groups is 1. The molecule has 2 aliphatic heterocycles. The summed E-state index contributed by atoms with van der Waals surface area (Å²) in [4.78, 5) is 39.5. The third kappa shape index (κ3) is 5.86. The number of hydrogen-bond acceptors (Lipinski definition) is 8. The molecule has 10 nitrogen and oxygen atoms in total. The summed E-state index contributed by atoms with van der Waals surface area (Å²) in [5.41, 5.74) is 3.32. The molecule has 222 valence electrons. The molecule has 1 aromatic carbocycles. The molecule has 0 bridgehead atoms. The Hall–Kier alpha value is -3.54. The highest BCUT2D eigenvalue weighted by molar-refractivity contribution is 6.43. The molecule has 11 heteroatoms.